The third-order valence-electron chi connectivity index (χ3n) is 5.56. The summed E-state index contributed by atoms with van der Waals surface area (Å²) in [5.74, 6) is -1.04. The third-order valence-corrected chi connectivity index (χ3v) is 6.56. The van der Waals surface area contributed by atoms with Crippen LogP contribution in [0.25, 0.3) is 0 Å². The number of nitrogens with one attached hydrogen (secondary N) is 1. The molecule has 2 amide bonds. The number of carbonyl (C=O) groups excluding carboxylic acids is 2. The zero-order valence-electron chi connectivity index (χ0n) is 18.0. The summed E-state index contributed by atoms with van der Waals surface area (Å²) in [6.07, 6.45) is 0.243. The predicted molar refractivity (Wildman–Crippen MR) is 123 cm³/mol. The highest BCUT2D eigenvalue weighted by Crippen LogP contribution is 2.35. The van der Waals surface area contributed by atoms with E-state index in [0.29, 0.717) is 11.6 Å². The summed E-state index contributed by atoms with van der Waals surface area (Å²) in [7, 11) is 0. The molecule has 12 nitrogen and oxygen atoms in total. The number of nitrogens with zero attached hydrogens (tertiary/aromatic N) is 5. The number of aromatic nitrogens is 2. The lowest BCUT2D eigenvalue weighted by molar-refractivity contribution is -0.394. The van der Waals surface area contributed by atoms with Gasteiger partial charge in [-0.1, -0.05) is 29.5 Å². The van der Waals surface area contributed by atoms with Crippen molar-refractivity contribution < 1.29 is 19.4 Å². The second kappa shape index (κ2) is 8.94. The molecule has 1 aromatic heterocycles. The number of hydrogen-bond donors (Lipinski definition) is 1. The van der Waals surface area contributed by atoms with Crippen LogP contribution >= 0.6 is 11.3 Å². The number of rotatable bonds is 6. The van der Waals surface area contributed by atoms with E-state index in [9.17, 15) is 29.8 Å². The maximum atomic E-state index is 12.8. The first-order valence-electron chi connectivity index (χ1n) is 10.1. The molecule has 3 aromatic rings. The SMILES string of the molecule is Cc1ccccc1N1CC(c2nnc(NC(=O)c3cc([N+](=O)[O-])cc([N+](=O)[O-])c3C)s2)CC1=O. The fraction of sp³-hybridized carbons (Fsp3) is 0.238. The molecular weight excluding hydrogens is 464 g/mol. The maximum absolute atomic E-state index is 12.8. The molecular formula is C21H18N6O6S. The van der Waals surface area contributed by atoms with E-state index in [1.165, 1.54) is 6.92 Å². The van der Waals surface area contributed by atoms with E-state index >= 15 is 0 Å². The number of hydrogen-bond acceptors (Lipinski definition) is 9. The van der Waals surface area contributed by atoms with E-state index in [-0.39, 0.29) is 34.5 Å². The number of nitro benzene ring substituents is 2. The maximum Gasteiger partial charge on any atom is 0.279 e. The number of para-hydroxylation sites is 1. The Balaban J connectivity index is 1.53. The average Bonchev–Trinajstić information content (AvgIpc) is 3.40. The lowest BCUT2D eigenvalue weighted by Crippen LogP contribution is -2.25. The van der Waals surface area contributed by atoms with Gasteiger partial charge in [0.05, 0.1) is 21.5 Å². The molecule has 1 fully saturated rings. The summed E-state index contributed by atoms with van der Waals surface area (Å²) in [6.45, 7) is 3.68. The first kappa shape index (κ1) is 22.9. The van der Waals surface area contributed by atoms with E-state index in [4.69, 9.17) is 0 Å². The van der Waals surface area contributed by atoms with Gasteiger partial charge in [-0.25, -0.2) is 0 Å². The molecule has 1 aliphatic heterocycles. The van der Waals surface area contributed by atoms with E-state index in [0.717, 1.165) is 34.7 Å². The van der Waals surface area contributed by atoms with Gasteiger partial charge in [0, 0.05) is 36.2 Å². The largest absolute Gasteiger partial charge is 0.311 e. The Hall–Kier alpha value is -4.26. The zero-order valence-corrected chi connectivity index (χ0v) is 18.9. The summed E-state index contributed by atoms with van der Waals surface area (Å²) in [6, 6.07) is 9.36. The van der Waals surface area contributed by atoms with Crippen molar-refractivity contribution in [3.05, 3.63) is 78.3 Å². The molecule has 0 aliphatic carbocycles. The minimum Gasteiger partial charge on any atom is -0.311 e. The first-order valence-corrected chi connectivity index (χ1v) is 10.9. The van der Waals surface area contributed by atoms with Gasteiger partial charge in [-0.05, 0) is 25.5 Å². The molecule has 1 N–H and O–H groups in total. The minimum atomic E-state index is -0.802. The molecule has 34 heavy (non-hydrogen) atoms. The molecule has 0 radical (unpaired) electrons. The molecule has 174 valence electrons. The van der Waals surface area contributed by atoms with Gasteiger partial charge in [-0.2, -0.15) is 0 Å². The summed E-state index contributed by atoms with van der Waals surface area (Å²) in [5, 5.41) is 33.6. The molecule has 2 heterocycles. The highest BCUT2D eigenvalue weighted by Gasteiger charge is 2.34. The number of benzene rings is 2. The highest BCUT2D eigenvalue weighted by molar-refractivity contribution is 7.15. The quantitative estimate of drug-likeness (QED) is 0.410. The van der Waals surface area contributed by atoms with Gasteiger partial charge in [-0.15, -0.1) is 10.2 Å². The van der Waals surface area contributed by atoms with E-state index < -0.39 is 27.1 Å². The fourth-order valence-corrected chi connectivity index (χ4v) is 4.63. The number of aryl methyl sites for hydroxylation is 1. The molecule has 4 rings (SSSR count). The van der Waals surface area contributed by atoms with E-state index in [1.807, 2.05) is 31.2 Å². The number of non-ortho nitro benzene ring substituents is 1. The van der Waals surface area contributed by atoms with Crippen LogP contribution < -0.4 is 10.2 Å². The van der Waals surface area contributed by atoms with E-state index in [2.05, 4.69) is 15.5 Å². The average molecular weight is 482 g/mol. The second-order valence-corrected chi connectivity index (χ2v) is 8.75. The number of amides is 2. The van der Waals surface area contributed by atoms with Crippen molar-refractivity contribution in [3.8, 4) is 0 Å². The van der Waals surface area contributed by atoms with Crippen LogP contribution in [0.5, 0.6) is 0 Å². The Labute approximate surface area is 196 Å². The molecule has 1 unspecified atom stereocenters. The summed E-state index contributed by atoms with van der Waals surface area (Å²) < 4.78 is 0. The fourth-order valence-electron chi connectivity index (χ4n) is 3.80. The zero-order chi connectivity index (χ0) is 24.6. The number of nitro groups is 2. The van der Waals surface area contributed by atoms with Crippen molar-refractivity contribution >= 4 is 45.3 Å². The summed E-state index contributed by atoms with van der Waals surface area (Å²) in [4.78, 5) is 47.9. The van der Waals surface area contributed by atoms with Crippen LogP contribution in [-0.4, -0.2) is 38.4 Å². The molecule has 0 bridgehead atoms. The van der Waals surface area contributed by atoms with Gasteiger partial charge in [0.2, 0.25) is 11.0 Å². The van der Waals surface area contributed by atoms with Crippen LogP contribution in [0.15, 0.2) is 36.4 Å². The smallest absolute Gasteiger partial charge is 0.279 e. The van der Waals surface area contributed by atoms with Crippen molar-refractivity contribution in [1.82, 2.24) is 10.2 Å². The van der Waals surface area contributed by atoms with Crippen LogP contribution in [0, 0.1) is 34.1 Å². The monoisotopic (exact) mass is 482 g/mol. The topological polar surface area (TPSA) is 161 Å². The van der Waals surface area contributed by atoms with Crippen LogP contribution in [0.3, 0.4) is 0 Å². The van der Waals surface area contributed by atoms with Gasteiger partial charge < -0.3 is 4.90 Å². The first-order chi connectivity index (χ1) is 16.2. The minimum absolute atomic E-state index is 0.00639. The molecule has 0 spiro atoms. The Bertz CT molecular complexity index is 1340. The molecule has 1 aliphatic rings. The number of anilines is 2. The van der Waals surface area contributed by atoms with Crippen LogP contribution in [-0.2, 0) is 4.79 Å². The molecule has 0 saturated carbocycles. The van der Waals surface area contributed by atoms with Crippen molar-refractivity contribution in [2.75, 3.05) is 16.8 Å². The van der Waals surface area contributed by atoms with Crippen LogP contribution in [0.4, 0.5) is 22.2 Å². The molecule has 13 heteroatoms. The lowest BCUT2D eigenvalue weighted by atomic mass is 10.0. The third kappa shape index (κ3) is 4.32. The molecule has 1 atom stereocenters. The Morgan fingerprint density at radius 3 is 2.56 bits per heavy atom. The molecule has 2 aromatic carbocycles. The van der Waals surface area contributed by atoms with Gasteiger partial charge in [0.15, 0.2) is 0 Å². The van der Waals surface area contributed by atoms with Gasteiger partial charge in [0.1, 0.15) is 5.01 Å². The lowest BCUT2D eigenvalue weighted by Gasteiger charge is -2.18. The van der Waals surface area contributed by atoms with Crippen molar-refractivity contribution in [2.45, 2.75) is 26.2 Å². The van der Waals surface area contributed by atoms with Gasteiger partial charge >= 0.3 is 0 Å². The van der Waals surface area contributed by atoms with E-state index in [1.54, 1.807) is 4.90 Å². The van der Waals surface area contributed by atoms with Crippen molar-refractivity contribution in [1.29, 1.82) is 0 Å². The molecule has 1 saturated heterocycles. The van der Waals surface area contributed by atoms with Crippen LogP contribution in [0.1, 0.15) is 38.8 Å². The normalized spacial score (nSPS) is 15.4. The Kier molecular flexibility index (Phi) is 6.03. The second-order valence-electron chi connectivity index (χ2n) is 7.74. The summed E-state index contributed by atoms with van der Waals surface area (Å²) in [5.41, 5.74) is 0.491. The van der Waals surface area contributed by atoms with Gasteiger partial charge in [0.25, 0.3) is 17.3 Å². The van der Waals surface area contributed by atoms with Crippen LogP contribution in [0.2, 0.25) is 0 Å². The number of carbonyl (C=O) groups is 2. The summed E-state index contributed by atoms with van der Waals surface area (Å²) >= 11 is 1.08. The highest BCUT2D eigenvalue weighted by atomic mass is 32.1. The predicted octanol–water partition coefficient (Wildman–Crippen LogP) is 3.74. The Morgan fingerprint density at radius 2 is 1.88 bits per heavy atom. The van der Waals surface area contributed by atoms with Crippen molar-refractivity contribution in [3.63, 3.8) is 0 Å². The Morgan fingerprint density at radius 1 is 1.15 bits per heavy atom. The van der Waals surface area contributed by atoms with Gasteiger partial charge in [-0.3, -0.25) is 35.1 Å². The van der Waals surface area contributed by atoms with Crippen molar-refractivity contribution in [2.24, 2.45) is 0 Å². The standard InChI is InChI=1S/C21H18N6O6S/c1-11-5-3-4-6-16(11)25-10-13(7-18(25)28)20-23-24-21(34-20)22-19(29)15-8-14(26(30)31)9-17(12(15)2)27(32)33/h3-6,8-9,13H,7,10H2,1-2H3,(H,22,24,29).